The summed E-state index contributed by atoms with van der Waals surface area (Å²) in [5, 5.41) is 9.65. The Kier molecular flexibility index (Phi) is 4.04. The number of aliphatic carboxylic acids is 1. The highest BCUT2D eigenvalue weighted by Crippen LogP contribution is 2.44. The Labute approximate surface area is 122 Å². The van der Waals surface area contributed by atoms with Gasteiger partial charge in [-0.25, -0.2) is 0 Å². The number of hydrogen-bond acceptors (Lipinski definition) is 3. The second kappa shape index (κ2) is 5.64. The van der Waals surface area contributed by atoms with E-state index in [1.165, 1.54) is 12.8 Å². The lowest BCUT2D eigenvalue weighted by atomic mass is 9.93. The van der Waals surface area contributed by atoms with Crippen molar-refractivity contribution in [1.29, 1.82) is 0 Å². The highest BCUT2D eigenvalue weighted by molar-refractivity contribution is 5.74. The van der Waals surface area contributed by atoms with Crippen LogP contribution < -0.4 is 0 Å². The maximum atomic E-state index is 11.7. The molecule has 3 aliphatic rings. The van der Waals surface area contributed by atoms with E-state index in [4.69, 9.17) is 0 Å². The zero-order valence-electron chi connectivity index (χ0n) is 12.8. The first kappa shape index (κ1) is 14.3. The fourth-order valence-electron chi connectivity index (χ4n) is 4.77. The van der Waals surface area contributed by atoms with E-state index in [1.807, 2.05) is 0 Å². The van der Waals surface area contributed by atoms with Gasteiger partial charge in [0.2, 0.25) is 0 Å². The van der Waals surface area contributed by atoms with Crippen LogP contribution in [0.15, 0.2) is 0 Å². The second-order valence-corrected chi connectivity index (χ2v) is 7.20. The van der Waals surface area contributed by atoms with Crippen molar-refractivity contribution in [1.82, 2.24) is 9.80 Å². The van der Waals surface area contributed by atoms with E-state index < -0.39 is 5.97 Å². The van der Waals surface area contributed by atoms with E-state index in [0.29, 0.717) is 23.9 Å². The van der Waals surface area contributed by atoms with Gasteiger partial charge in [-0.2, -0.15) is 0 Å². The number of hydrogen-bond donors (Lipinski definition) is 1. The summed E-state index contributed by atoms with van der Waals surface area (Å²) in [6.45, 7) is 7.79. The summed E-state index contributed by atoms with van der Waals surface area (Å²) in [7, 11) is 0. The third-order valence-electron chi connectivity index (χ3n) is 5.88. The van der Waals surface area contributed by atoms with E-state index in [9.17, 15) is 9.90 Å². The average Bonchev–Trinajstić information content (AvgIpc) is 2.97. The monoisotopic (exact) mass is 280 g/mol. The quantitative estimate of drug-likeness (QED) is 0.859. The molecular weight excluding hydrogens is 252 g/mol. The van der Waals surface area contributed by atoms with E-state index in [1.54, 1.807) is 0 Å². The van der Waals surface area contributed by atoms with Crippen molar-refractivity contribution in [3.63, 3.8) is 0 Å². The standard InChI is InChI=1S/C16H28N2O2/c1-11(2)17-8-6-13(7-9-17)18-10-12-4-3-5-14(12)15(18)16(19)20/h11-15H,3-10H2,1-2H3,(H,19,20). The van der Waals surface area contributed by atoms with Crippen LogP contribution in [0.4, 0.5) is 0 Å². The summed E-state index contributed by atoms with van der Waals surface area (Å²) >= 11 is 0. The minimum Gasteiger partial charge on any atom is -0.480 e. The SMILES string of the molecule is CC(C)N1CCC(N2CC3CCCC3C2C(=O)O)CC1. The van der Waals surface area contributed by atoms with Crippen molar-refractivity contribution >= 4 is 5.97 Å². The highest BCUT2D eigenvalue weighted by atomic mass is 16.4. The highest BCUT2D eigenvalue weighted by Gasteiger charge is 2.49. The third kappa shape index (κ3) is 2.48. The first-order valence-corrected chi connectivity index (χ1v) is 8.30. The molecule has 3 fully saturated rings. The van der Waals surface area contributed by atoms with Gasteiger partial charge in [0.1, 0.15) is 6.04 Å². The maximum absolute atomic E-state index is 11.7. The van der Waals surface area contributed by atoms with Gasteiger partial charge in [-0.05, 0) is 64.5 Å². The molecule has 1 saturated carbocycles. The molecule has 2 saturated heterocycles. The lowest BCUT2D eigenvalue weighted by Gasteiger charge is -2.40. The predicted octanol–water partition coefficient (Wildman–Crippen LogP) is 2.04. The summed E-state index contributed by atoms with van der Waals surface area (Å²) in [6.07, 6.45) is 5.89. The van der Waals surface area contributed by atoms with E-state index >= 15 is 0 Å². The second-order valence-electron chi connectivity index (χ2n) is 7.20. The molecule has 4 nitrogen and oxygen atoms in total. The largest absolute Gasteiger partial charge is 0.480 e. The Balaban J connectivity index is 1.66. The van der Waals surface area contributed by atoms with Crippen molar-refractivity contribution < 1.29 is 9.90 Å². The molecule has 0 aromatic rings. The van der Waals surface area contributed by atoms with Crippen LogP contribution in [-0.4, -0.2) is 58.6 Å². The molecule has 3 unspecified atom stereocenters. The molecule has 0 aromatic carbocycles. The smallest absolute Gasteiger partial charge is 0.321 e. The van der Waals surface area contributed by atoms with Crippen molar-refractivity contribution in [2.45, 2.75) is 64.1 Å². The number of carbonyl (C=O) groups is 1. The number of likely N-dealkylation sites (tertiary alicyclic amines) is 2. The van der Waals surface area contributed by atoms with Gasteiger partial charge in [-0.3, -0.25) is 9.69 Å². The first-order chi connectivity index (χ1) is 9.58. The van der Waals surface area contributed by atoms with Gasteiger partial charge in [-0.1, -0.05) is 6.42 Å². The predicted molar refractivity (Wildman–Crippen MR) is 78.7 cm³/mol. The van der Waals surface area contributed by atoms with Crippen LogP contribution >= 0.6 is 0 Å². The van der Waals surface area contributed by atoms with Crippen LogP contribution in [0.2, 0.25) is 0 Å². The van der Waals surface area contributed by atoms with Gasteiger partial charge in [-0.15, -0.1) is 0 Å². The van der Waals surface area contributed by atoms with Gasteiger partial charge in [0.25, 0.3) is 0 Å². The van der Waals surface area contributed by atoms with Gasteiger partial charge < -0.3 is 10.0 Å². The fourth-order valence-corrected chi connectivity index (χ4v) is 4.77. The van der Waals surface area contributed by atoms with Crippen LogP contribution in [0.3, 0.4) is 0 Å². The molecule has 2 heterocycles. The molecule has 0 spiro atoms. The van der Waals surface area contributed by atoms with E-state index in [0.717, 1.165) is 38.9 Å². The number of nitrogens with zero attached hydrogens (tertiary/aromatic N) is 2. The molecule has 3 atom stereocenters. The van der Waals surface area contributed by atoms with Crippen LogP contribution in [-0.2, 0) is 4.79 Å². The average molecular weight is 280 g/mol. The molecule has 20 heavy (non-hydrogen) atoms. The topological polar surface area (TPSA) is 43.8 Å². The van der Waals surface area contributed by atoms with Gasteiger partial charge in [0.05, 0.1) is 0 Å². The molecular formula is C16H28N2O2. The summed E-state index contributed by atoms with van der Waals surface area (Å²) in [5.74, 6) is 0.501. The fraction of sp³-hybridized carbons (Fsp3) is 0.938. The Morgan fingerprint density at radius 2 is 1.85 bits per heavy atom. The number of fused-ring (bicyclic) bond motifs is 1. The van der Waals surface area contributed by atoms with Gasteiger partial charge in [0, 0.05) is 18.6 Å². The number of carboxylic acid groups (broad SMARTS) is 1. The lowest BCUT2D eigenvalue weighted by molar-refractivity contribution is -0.144. The van der Waals surface area contributed by atoms with Crippen LogP contribution in [0.5, 0.6) is 0 Å². The molecule has 1 aliphatic carbocycles. The Morgan fingerprint density at radius 3 is 2.45 bits per heavy atom. The third-order valence-corrected chi connectivity index (χ3v) is 5.88. The molecule has 0 aromatic heterocycles. The van der Waals surface area contributed by atoms with Crippen molar-refractivity contribution in [3.8, 4) is 0 Å². The molecule has 1 N–H and O–H groups in total. The van der Waals surface area contributed by atoms with Gasteiger partial charge in [0.15, 0.2) is 0 Å². The summed E-state index contributed by atoms with van der Waals surface area (Å²) in [6, 6.07) is 0.916. The van der Waals surface area contributed by atoms with Crippen LogP contribution in [0, 0.1) is 11.8 Å². The molecule has 0 bridgehead atoms. The zero-order chi connectivity index (χ0) is 14.3. The Hall–Kier alpha value is -0.610. The summed E-state index contributed by atoms with van der Waals surface area (Å²) in [5.41, 5.74) is 0. The Morgan fingerprint density at radius 1 is 1.15 bits per heavy atom. The molecule has 0 radical (unpaired) electrons. The number of rotatable bonds is 3. The lowest BCUT2D eigenvalue weighted by Crippen LogP contribution is -2.51. The van der Waals surface area contributed by atoms with E-state index in [-0.39, 0.29) is 6.04 Å². The van der Waals surface area contributed by atoms with Crippen molar-refractivity contribution in [2.75, 3.05) is 19.6 Å². The van der Waals surface area contributed by atoms with Gasteiger partial charge >= 0.3 is 5.97 Å². The minimum absolute atomic E-state index is 0.196. The summed E-state index contributed by atoms with van der Waals surface area (Å²) < 4.78 is 0. The molecule has 4 heteroatoms. The maximum Gasteiger partial charge on any atom is 0.321 e. The number of carboxylic acids is 1. The zero-order valence-corrected chi connectivity index (χ0v) is 12.8. The van der Waals surface area contributed by atoms with E-state index in [2.05, 4.69) is 23.6 Å². The van der Waals surface area contributed by atoms with Crippen LogP contribution in [0.25, 0.3) is 0 Å². The summed E-state index contributed by atoms with van der Waals surface area (Å²) in [4.78, 5) is 16.6. The van der Waals surface area contributed by atoms with Crippen molar-refractivity contribution in [3.05, 3.63) is 0 Å². The first-order valence-electron chi connectivity index (χ1n) is 8.30. The van der Waals surface area contributed by atoms with Crippen molar-refractivity contribution in [2.24, 2.45) is 11.8 Å². The molecule has 3 rings (SSSR count). The molecule has 114 valence electrons. The number of piperidine rings is 1. The normalized spacial score (nSPS) is 36.6. The Bertz CT molecular complexity index is 363. The minimum atomic E-state index is -0.578. The van der Waals surface area contributed by atoms with Crippen LogP contribution in [0.1, 0.15) is 46.0 Å². The molecule has 0 amide bonds. The molecule has 2 aliphatic heterocycles.